The van der Waals surface area contributed by atoms with Gasteiger partial charge in [0.15, 0.2) is 5.78 Å². The number of nitrogens with one attached hydrogen (secondary N) is 3. The summed E-state index contributed by atoms with van der Waals surface area (Å²) in [6.45, 7) is 21.8. The Balaban J connectivity index is 0. The lowest BCUT2D eigenvalue weighted by Gasteiger charge is -2.26. The lowest BCUT2D eigenvalue weighted by molar-refractivity contribution is -0.129. The third kappa shape index (κ3) is 20.6. The summed E-state index contributed by atoms with van der Waals surface area (Å²) < 4.78 is 5.83. The van der Waals surface area contributed by atoms with Gasteiger partial charge >= 0.3 is 0 Å². The molecule has 0 heterocycles. The van der Waals surface area contributed by atoms with Gasteiger partial charge in [0.25, 0.3) is 0 Å². The molecule has 4 N–H and O–H groups in total. The zero-order chi connectivity index (χ0) is 26.2. The number of aliphatic hydroxyl groups is 1. The first kappa shape index (κ1) is 33.4. The second-order valence-corrected chi connectivity index (χ2v) is 9.64. The average molecular weight is 472 g/mol. The number of ketones is 1. The van der Waals surface area contributed by atoms with E-state index in [-0.39, 0.29) is 17.9 Å². The molecule has 2 amide bonds. The first-order valence-electron chi connectivity index (χ1n) is 11.9. The topological polar surface area (TPSA) is 117 Å². The van der Waals surface area contributed by atoms with Crippen LogP contribution in [0.15, 0.2) is 12.2 Å². The molecule has 0 bridgehead atoms. The van der Waals surface area contributed by atoms with Gasteiger partial charge in [-0.3, -0.25) is 19.7 Å². The summed E-state index contributed by atoms with van der Waals surface area (Å²) in [5.74, 6) is -0.125. The zero-order valence-corrected chi connectivity index (χ0v) is 22.3. The largest absolute Gasteiger partial charge is 0.379 e. The van der Waals surface area contributed by atoms with Gasteiger partial charge in [-0.1, -0.05) is 26.3 Å². The third-order valence-corrected chi connectivity index (χ3v) is 4.86. The summed E-state index contributed by atoms with van der Waals surface area (Å²) in [6, 6.07) is -1.16. The molecule has 0 aromatic rings. The number of carbonyl (C=O) groups excluding carboxylic acids is 3. The molecule has 0 aromatic heterocycles. The van der Waals surface area contributed by atoms with Crippen molar-refractivity contribution in [3.63, 3.8) is 0 Å². The molecule has 33 heavy (non-hydrogen) atoms. The van der Waals surface area contributed by atoms with E-state index >= 15 is 0 Å². The van der Waals surface area contributed by atoms with Crippen LogP contribution in [0.2, 0.25) is 0 Å². The van der Waals surface area contributed by atoms with Gasteiger partial charge in [0.1, 0.15) is 6.23 Å². The lowest BCUT2D eigenvalue weighted by Crippen LogP contribution is -2.49. The molecule has 3 atom stereocenters. The van der Waals surface area contributed by atoms with Crippen LogP contribution < -0.4 is 16.0 Å². The number of rotatable bonds is 15. The van der Waals surface area contributed by atoms with Gasteiger partial charge in [-0.05, 0) is 66.7 Å². The normalized spacial score (nSPS) is 13.9. The Bertz CT molecular complexity index is 603. The summed E-state index contributed by atoms with van der Waals surface area (Å²) in [7, 11) is 0. The van der Waals surface area contributed by atoms with Crippen LogP contribution in [0.25, 0.3) is 0 Å². The van der Waals surface area contributed by atoms with E-state index in [0.717, 1.165) is 25.4 Å². The molecule has 0 aliphatic rings. The van der Waals surface area contributed by atoms with Gasteiger partial charge in [0.05, 0.1) is 30.8 Å². The highest BCUT2D eigenvalue weighted by atomic mass is 16.5. The van der Waals surface area contributed by atoms with Crippen LogP contribution in [-0.2, 0) is 19.1 Å². The summed E-state index contributed by atoms with van der Waals surface area (Å²) in [4.78, 5) is 34.3. The molecular weight excluding hydrogens is 422 g/mol. The molecule has 3 unspecified atom stereocenters. The van der Waals surface area contributed by atoms with Crippen molar-refractivity contribution < 1.29 is 24.2 Å². The molecule has 0 rings (SSSR count). The maximum Gasteiger partial charge on any atom is 0.239 e. The molecule has 0 fully saturated rings. The lowest BCUT2D eigenvalue weighted by atomic mass is 9.97. The van der Waals surface area contributed by atoms with Crippen molar-refractivity contribution >= 4 is 17.6 Å². The number of hydrogen-bond donors (Lipinski definition) is 4. The van der Waals surface area contributed by atoms with Crippen molar-refractivity contribution in [1.29, 1.82) is 0 Å². The maximum absolute atomic E-state index is 11.5. The van der Waals surface area contributed by atoms with E-state index in [1.807, 2.05) is 6.92 Å². The standard InChI is InChI=1S/C13H26O.C12H23N3O4/c1-11(2)7-9-13(5,6)14-10-8-12(3)4;1-5-10(17)7(2)15-11(18)6-13-12(19)8(3)14-9(4)16/h11H,3,7-10H2,1-2,4-6H3;7-9,14,16H,5-6H2,1-4H3,(H,13,19)(H,15,18). The Morgan fingerprint density at radius 1 is 1.06 bits per heavy atom. The van der Waals surface area contributed by atoms with E-state index in [1.54, 1.807) is 20.8 Å². The first-order valence-corrected chi connectivity index (χ1v) is 11.9. The minimum absolute atomic E-state index is 0.0275. The molecule has 0 saturated carbocycles. The molecule has 8 nitrogen and oxygen atoms in total. The fraction of sp³-hybridized carbons (Fsp3) is 0.800. The Morgan fingerprint density at radius 3 is 2.09 bits per heavy atom. The monoisotopic (exact) mass is 471 g/mol. The highest BCUT2D eigenvalue weighted by molar-refractivity contribution is 5.91. The van der Waals surface area contributed by atoms with Crippen LogP contribution >= 0.6 is 0 Å². The van der Waals surface area contributed by atoms with Crippen LogP contribution in [0.4, 0.5) is 0 Å². The zero-order valence-electron chi connectivity index (χ0n) is 22.3. The second kappa shape index (κ2) is 17.7. The number of aliphatic hydroxyl groups excluding tert-OH is 1. The smallest absolute Gasteiger partial charge is 0.239 e. The summed E-state index contributed by atoms with van der Waals surface area (Å²) in [5, 5.41) is 16.5. The van der Waals surface area contributed by atoms with E-state index in [4.69, 9.17) is 9.84 Å². The minimum atomic E-state index is -0.809. The van der Waals surface area contributed by atoms with Crippen molar-refractivity contribution in [3.8, 4) is 0 Å². The quantitative estimate of drug-likeness (QED) is 0.215. The van der Waals surface area contributed by atoms with Crippen molar-refractivity contribution in [3.05, 3.63) is 12.2 Å². The van der Waals surface area contributed by atoms with Crippen LogP contribution in [0.3, 0.4) is 0 Å². The Hall–Kier alpha value is -1.77. The number of Topliss-reactive ketones (excluding diaryl/α,β-unsaturated/α-hetero) is 1. The van der Waals surface area contributed by atoms with Crippen LogP contribution in [0.5, 0.6) is 0 Å². The molecule has 194 valence electrons. The Kier molecular flexibility index (Phi) is 17.9. The Labute approximate surface area is 201 Å². The molecule has 0 spiro atoms. The van der Waals surface area contributed by atoms with E-state index < -0.39 is 30.1 Å². The van der Waals surface area contributed by atoms with Gasteiger partial charge in [-0.25, -0.2) is 0 Å². The molecule has 0 aliphatic heterocycles. The fourth-order valence-corrected chi connectivity index (χ4v) is 2.65. The summed E-state index contributed by atoms with van der Waals surface area (Å²) in [6.07, 6.45) is 2.90. The molecule has 0 aliphatic carbocycles. The van der Waals surface area contributed by atoms with Gasteiger partial charge in [0, 0.05) is 6.42 Å². The van der Waals surface area contributed by atoms with Crippen LogP contribution in [0, 0.1) is 5.92 Å². The fourth-order valence-electron chi connectivity index (χ4n) is 2.65. The highest BCUT2D eigenvalue weighted by Crippen LogP contribution is 2.20. The van der Waals surface area contributed by atoms with Crippen molar-refractivity contribution in [2.45, 2.75) is 112 Å². The van der Waals surface area contributed by atoms with Gasteiger partial charge < -0.3 is 20.5 Å². The molecule has 0 aromatic carbocycles. The number of amides is 2. The average Bonchev–Trinajstić information content (AvgIpc) is 2.69. The van der Waals surface area contributed by atoms with Crippen LogP contribution in [-0.4, -0.2) is 59.8 Å². The third-order valence-electron chi connectivity index (χ3n) is 4.86. The van der Waals surface area contributed by atoms with Crippen molar-refractivity contribution in [2.24, 2.45) is 5.92 Å². The second-order valence-electron chi connectivity index (χ2n) is 9.64. The highest BCUT2D eigenvalue weighted by Gasteiger charge is 2.18. The first-order chi connectivity index (χ1) is 15.1. The summed E-state index contributed by atoms with van der Waals surface area (Å²) >= 11 is 0. The predicted octanol–water partition coefficient (Wildman–Crippen LogP) is 3.09. The SMILES string of the molecule is C=C(C)CCOC(C)(C)CCC(C)C.CCC(=O)C(C)NC(=O)CNC(=O)C(C)NC(C)O. The number of carbonyl (C=O) groups is 3. The van der Waals surface area contributed by atoms with E-state index in [0.29, 0.717) is 6.42 Å². The van der Waals surface area contributed by atoms with E-state index in [1.165, 1.54) is 18.9 Å². The van der Waals surface area contributed by atoms with Crippen LogP contribution in [0.1, 0.15) is 88.0 Å². The molecule has 8 heteroatoms. The van der Waals surface area contributed by atoms with Gasteiger partial charge in [-0.2, -0.15) is 0 Å². The maximum atomic E-state index is 11.5. The van der Waals surface area contributed by atoms with E-state index in [2.05, 4.69) is 50.2 Å². The van der Waals surface area contributed by atoms with Gasteiger partial charge in [0.2, 0.25) is 11.8 Å². The molecule has 0 radical (unpaired) electrons. The minimum Gasteiger partial charge on any atom is -0.379 e. The summed E-state index contributed by atoms with van der Waals surface area (Å²) in [5.41, 5.74) is 1.23. The Morgan fingerprint density at radius 2 is 1.64 bits per heavy atom. The van der Waals surface area contributed by atoms with Crippen molar-refractivity contribution in [2.75, 3.05) is 13.2 Å². The molecular formula is C25H49N3O5. The van der Waals surface area contributed by atoms with Crippen molar-refractivity contribution in [1.82, 2.24) is 16.0 Å². The molecule has 0 saturated heterocycles. The van der Waals surface area contributed by atoms with Gasteiger partial charge in [-0.15, -0.1) is 6.58 Å². The predicted molar refractivity (Wildman–Crippen MR) is 134 cm³/mol. The number of ether oxygens (including phenoxy) is 1. The van der Waals surface area contributed by atoms with E-state index in [9.17, 15) is 14.4 Å². The number of hydrogen-bond acceptors (Lipinski definition) is 6.